The van der Waals surface area contributed by atoms with Crippen molar-refractivity contribution in [3.63, 3.8) is 0 Å². The first-order valence-corrected chi connectivity index (χ1v) is 16.2. The quantitative estimate of drug-likeness (QED) is 0.346. The molecule has 3 aliphatic heterocycles. The van der Waals surface area contributed by atoms with Crippen molar-refractivity contribution in [1.82, 2.24) is 20.3 Å². The van der Waals surface area contributed by atoms with Gasteiger partial charge in [0, 0.05) is 47.4 Å². The number of hydrogen-bond acceptors (Lipinski definition) is 10. The SMILES string of the molecule is O=C(NCc1cc2nc(N3CCOc4c(N5CC6(CC6)C5)ccnc43)ccc2cn1)c1cc(F)c2c(c1)S(=O)(=O)[C@@H](F)COC2. The summed E-state index contributed by atoms with van der Waals surface area (Å²) in [5.74, 6) is 0.467. The van der Waals surface area contributed by atoms with E-state index < -0.39 is 45.2 Å². The van der Waals surface area contributed by atoms with Gasteiger partial charge < -0.3 is 24.6 Å². The number of carbonyl (C=O) groups is 1. The van der Waals surface area contributed by atoms with Crippen LogP contribution in [-0.2, 0) is 27.7 Å². The summed E-state index contributed by atoms with van der Waals surface area (Å²) in [7, 11) is -4.52. The van der Waals surface area contributed by atoms with E-state index in [0.717, 1.165) is 42.0 Å². The molecule has 11 nitrogen and oxygen atoms in total. The minimum absolute atomic E-state index is 0.0381. The van der Waals surface area contributed by atoms with Crippen LogP contribution in [0.1, 0.15) is 34.5 Å². The molecule has 1 saturated heterocycles. The molecule has 3 aromatic heterocycles. The smallest absolute Gasteiger partial charge is 0.251 e. The molecule has 0 unspecified atom stereocenters. The van der Waals surface area contributed by atoms with E-state index in [1.165, 1.54) is 12.8 Å². The van der Waals surface area contributed by atoms with E-state index in [2.05, 4.69) is 20.2 Å². The summed E-state index contributed by atoms with van der Waals surface area (Å²) in [6, 6.07) is 9.47. The van der Waals surface area contributed by atoms with Gasteiger partial charge in [-0.15, -0.1) is 0 Å². The van der Waals surface area contributed by atoms with E-state index >= 15 is 0 Å². The largest absolute Gasteiger partial charge is 0.486 e. The number of nitrogens with zero attached hydrogens (tertiary/aromatic N) is 5. The van der Waals surface area contributed by atoms with Gasteiger partial charge in [-0.3, -0.25) is 9.78 Å². The number of rotatable bonds is 5. The molecule has 1 saturated carbocycles. The highest BCUT2D eigenvalue weighted by atomic mass is 32.2. The summed E-state index contributed by atoms with van der Waals surface area (Å²) in [5, 5.41) is 3.43. The Balaban J connectivity index is 1.02. The van der Waals surface area contributed by atoms with Gasteiger partial charge in [0.25, 0.3) is 5.91 Å². The molecule has 1 atom stereocenters. The normalized spacial score (nSPS) is 20.9. The number of ether oxygens (including phenoxy) is 2. The molecular formula is C31H28F2N6O5S. The van der Waals surface area contributed by atoms with Crippen molar-refractivity contribution in [3.8, 4) is 5.75 Å². The van der Waals surface area contributed by atoms with Crippen LogP contribution in [0.4, 0.5) is 26.1 Å². The predicted molar refractivity (Wildman–Crippen MR) is 159 cm³/mol. The van der Waals surface area contributed by atoms with E-state index in [-0.39, 0.29) is 17.7 Å². The Kier molecular flexibility index (Phi) is 6.43. The molecule has 6 heterocycles. The summed E-state index contributed by atoms with van der Waals surface area (Å²) in [6.07, 6.45) is 6.02. The highest BCUT2D eigenvalue weighted by Crippen LogP contribution is 2.56. The number of carbonyl (C=O) groups excluding carboxylic acids is 1. The summed E-state index contributed by atoms with van der Waals surface area (Å²) in [6.45, 7) is 1.98. The maximum Gasteiger partial charge on any atom is 0.251 e. The maximum atomic E-state index is 14.8. The number of hydrogen-bond donors (Lipinski definition) is 1. The van der Waals surface area contributed by atoms with Gasteiger partial charge in [-0.05, 0) is 49.2 Å². The van der Waals surface area contributed by atoms with E-state index in [4.69, 9.17) is 14.5 Å². The zero-order valence-electron chi connectivity index (χ0n) is 24.0. The van der Waals surface area contributed by atoms with E-state index in [0.29, 0.717) is 41.4 Å². The minimum atomic E-state index is -4.52. The first-order chi connectivity index (χ1) is 21.7. The first kappa shape index (κ1) is 28.1. The molecule has 1 aliphatic carbocycles. The molecule has 1 N–H and O–H groups in total. The van der Waals surface area contributed by atoms with Crippen LogP contribution in [0.3, 0.4) is 0 Å². The number of nitrogens with one attached hydrogen (secondary N) is 1. The van der Waals surface area contributed by atoms with Crippen molar-refractivity contribution in [3.05, 3.63) is 71.4 Å². The number of aromatic nitrogens is 3. The molecule has 4 aromatic rings. The Morgan fingerprint density at radius 2 is 1.98 bits per heavy atom. The van der Waals surface area contributed by atoms with Gasteiger partial charge in [0.1, 0.15) is 18.2 Å². The van der Waals surface area contributed by atoms with Crippen molar-refractivity contribution in [1.29, 1.82) is 0 Å². The summed E-state index contributed by atoms with van der Waals surface area (Å²) in [5.41, 5.74) is -0.230. The molecule has 4 aliphatic rings. The van der Waals surface area contributed by atoms with E-state index in [1.807, 2.05) is 23.1 Å². The zero-order valence-corrected chi connectivity index (χ0v) is 24.8. The highest BCUT2D eigenvalue weighted by molar-refractivity contribution is 7.92. The molecule has 1 amide bonds. The number of sulfone groups is 1. The topological polar surface area (TPSA) is 127 Å². The maximum absolute atomic E-state index is 14.8. The number of fused-ring (bicyclic) bond motifs is 3. The Hall–Kier alpha value is -4.43. The lowest BCUT2D eigenvalue weighted by atomic mass is 9.96. The Labute approximate surface area is 257 Å². The number of halogens is 2. The standard InChI is InChI=1S/C31H28F2N6O5S/c32-22-9-19(10-25-21(22)14-43-15-26(33)45(25,41)42)30(40)36-13-20-11-23-18(12-35-20)1-2-27(37-23)39-7-8-44-28-24(3-6-34-29(28)39)38-16-31(17-38)4-5-31/h1-3,6,9-12,26H,4-5,7-8,13-17H2,(H,36,40)/t26-/m1/s1. The Morgan fingerprint density at radius 1 is 1.13 bits per heavy atom. The lowest BCUT2D eigenvalue weighted by Gasteiger charge is -2.43. The number of anilines is 3. The molecule has 0 radical (unpaired) electrons. The van der Waals surface area contributed by atoms with Gasteiger partial charge >= 0.3 is 0 Å². The minimum Gasteiger partial charge on any atom is -0.486 e. The van der Waals surface area contributed by atoms with Crippen LogP contribution in [0.25, 0.3) is 10.9 Å². The van der Waals surface area contributed by atoms with Crippen LogP contribution in [-0.4, -0.2) is 67.6 Å². The number of benzene rings is 1. The fraction of sp³-hybridized carbons (Fsp3) is 0.355. The highest BCUT2D eigenvalue weighted by Gasteiger charge is 2.53. The molecule has 45 heavy (non-hydrogen) atoms. The van der Waals surface area contributed by atoms with E-state index in [9.17, 15) is 22.0 Å². The first-order valence-electron chi connectivity index (χ1n) is 14.7. The van der Waals surface area contributed by atoms with Crippen molar-refractivity contribution < 1.29 is 31.5 Å². The van der Waals surface area contributed by atoms with Crippen LogP contribution in [0, 0.1) is 11.2 Å². The van der Waals surface area contributed by atoms with Gasteiger partial charge in [0.05, 0.1) is 48.1 Å². The molecule has 8 rings (SSSR count). The molecule has 2 fully saturated rings. The molecular weight excluding hydrogens is 606 g/mol. The number of pyridine rings is 3. The van der Waals surface area contributed by atoms with Crippen molar-refractivity contribution >= 4 is 44.0 Å². The molecule has 232 valence electrons. The van der Waals surface area contributed by atoms with Gasteiger partial charge in [0.2, 0.25) is 15.3 Å². The fourth-order valence-corrected chi connectivity index (χ4v) is 7.53. The van der Waals surface area contributed by atoms with Crippen LogP contribution in [0.15, 0.2) is 53.7 Å². The van der Waals surface area contributed by atoms with Crippen LogP contribution in [0.2, 0.25) is 0 Å². The molecule has 0 bridgehead atoms. The average molecular weight is 635 g/mol. The van der Waals surface area contributed by atoms with Crippen molar-refractivity contribution in [2.75, 3.05) is 42.6 Å². The Morgan fingerprint density at radius 3 is 2.80 bits per heavy atom. The van der Waals surface area contributed by atoms with Gasteiger partial charge in [-0.2, -0.15) is 0 Å². The second kappa shape index (κ2) is 10.3. The second-order valence-corrected chi connectivity index (χ2v) is 14.0. The fourth-order valence-electron chi connectivity index (χ4n) is 6.19. The summed E-state index contributed by atoms with van der Waals surface area (Å²) < 4.78 is 65.2. The van der Waals surface area contributed by atoms with E-state index in [1.54, 1.807) is 18.5 Å². The van der Waals surface area contributed by atoms with Gasteiger partial charge in [-0.1, -0.05) is 0 Å². The van der Waals surface area contributed by atoms with Crippen LogP contribution >= 0.6 is 0 Å². The second-order valence-electron chi connectivity index (χ2n) is 12.0. The summed E-state index contributed by atoms with van der Waals surface area (Å²) in [4.78, 5) is 30.7. The van der Waals surface area contributed by atoms with Gasteiger partial charge in [-0.25, -0.2) is 27.2 Å². The zero-order chi connectivity index (χ0) is 30.9. The Bertz CT molecular complexity index is 1980. The summed E-state index contributed by atoms with van der Waals surface area (Å²) >= 11 is 0. The third kappa shape index (κ3) is 4.83. The average Bonchev–Trinajstić information content (AvgIpc) is 3.85. The third-order valence-electron chi connectivity index (χ3n) is 8.91. The monoisotopic (exact) mass is 634 g/mol. The van der Waals surface area contributed by atoms with Crippen molar-refractivity contribution in [2.24, 2.45) is 5.41 Å². The lowest BCUT2D eigenvalue weighted by Crippen LogP contribution is -2.49. The molecule has 14 heteroatoms. The molecule has 1 aromatic carbocycles. The number of alkyl halides is 1. The van der Waals surface area contributed by atoms with Crippen LogP contribution in [0.5, 0.6) is 5.75 Å². The molecule has 1 spiro atoms. The predicted octanol–water partition coefficient (Wildman–Crippen LogP) is 3.82. The van der Waals surface area contributed by atoms with Crippen molar-refractivity contribution in [2.45, 2.75) is 36.4 Å². The third-order valence-corrected chi connectivity index (χ3v) is 10.7. The number of amides is 1. The van der Waals surface area contributed by atoms with Gasteiger partial charge in [0.15, 0.2) is 11.6 Å². The lowest BCUT2D eigenvalue weighted by molar-refractivity contribution is 0.0938. The van der Waals surface area contributed by atoms with Crippen LogP contribution < -0.4 is 19.9 Å².